The third-order valence-electron chi connectivity index (χ3n) is 3.55. The molecule has 4 nitrogen and oxygen atoms in total. The molecule has 0 aliphatic rings. The van der Waals surface area contributed by atoms with E-state index in [-0.39, 0.29) is 0 Å². The minimum atomic E-state index is 0.300. The zero-order chi connectivity index (χ0) is 14.7. The summed E-state index contributed by atoms with van der Waals surface area (Å²) in [5.41, 5.74) is 3.65. The van der Waals surface area contributed by atoms with E-state index >= 15 is 0 Å². The number of aryl methyl sites for hydroxylation is 4. The Morgan fingerprint density at radius 2 is 2.10 bits per heavy atom. The monoisotopic (exact) mass is 292 g/mol. The SMILES string of the molecule is CCNC(Cc1nc(C)c(C)s1)c1cn(C)nc1CC. The van der Waals surface area contributed by atoms with E-state index in [1.54, 1.807) is 11.3 Å². The minimum absolute atomic E-state index is 0.300. The van der Waals surface area contributed by atoms with Gasteiger partial charge >= 0.3 is 0 Å². The van der Waals surface area contributed by atoms with E-state index in [4.69, 9.17) is 0 Å². The maximum Gasteiger partial charge on any atom is 0.0949 e. The lowest BCUT2D eigenvalue weighted by Gasteiger charge is -2.16. The number of nitrogens with zero attached hydrogens (tertiary/aromatic N) is 3. The van der Waals surface area contributed by atoms with Crippen molar-refractivity contribution >= 4 is 11.3 Å². The van der Waals surface area contributed by atoms with Crippen LogP contribution in [0.4, 0.5) is 0 Å². The molecule has 0 saturated carbocycles. The van der Waals surface area contributed by atoms with E-state index in [2.05, 4.69) is 49.3 Å². The van der Waals surface area contributed by atoms with Crippen molar-refractivity contribution in [3.63, 3.8) is 0 Å². The molecule has 2 rings (SSSR count). The van der Waals surface area contributed by atoms with Crippen LogP contribution in [0.3, 0.4) is 0 Å². The van der Waals surface area contributed by atoms with E-state index in [9.17, 15) is 0 Å². The first-order valence-electron chi connectivity index (χ1n) is 7.23. The highest BCUT2D eigenvalue weighted by Gasteiger charge is 2.19. The summed E-state index contributed by atoms with van der Waals surface area (Å²) in [6.07, 6.45) is 4.04. The molecule has 1 unspecified atom stereocenters. The van der Waals surface area contributed by atoms with Crippen molar-refractivity contribution in [3.8, 4) is 0 Å². The summed E-state index contributed by atoms with van der Waals surface area (Å²) in [4.78, 5) is 5.99. The molecule has 2 heterocycles. The van der Waals surface area contributed by atoms with Gasteiger partial charge in [0.15, 0.2) is 0 Å². The molecule has 1 atom stereocenters. The third-order valence-corrected chi connectivity index (χ3v) is 4.65. The minimum Gasteiger partial charge on any atom is -0.310 e. The van der Waals surface area contributed by atoms with E-state index in [0.29, 0.717) is 6.04 Å². The van der Waals surface area contributed by atoms with Crippen LogP contribution < -0.4 is 5.32 Å². The van der Waals surface area contributed by atoms with Crippen LogP contribution in [0.1, 0.15) is 46.7 Å². The van der Waals surface area contributed by atoms with E-state index in [1.165, 1.54) is 21.1 Å². The second-order valence-electron chi connectivity index (χ2n) is 5.12. The van der Waals surface area contributed by atoms with Crippen LogP contribution in [-0.4, -0.2) is 21.3 Å². The Hall–Kier alpha value is -1.20. The Kier molecular flexibility index (Phi) is 4.94. The largest absolute Gasteiger partial charge is 0.310 e. The van der Waals surface area contributed by atoms with Crippen molar-refractivity contribution in [1.29, 1.82) is 0 Å². The van der Waals surface area contributed by atoms with Crippen LogP contribution in [0.15, 0.2) is 6.20 Å². The van der Waals surface area contributed by atoms with Crippen molar-refractivity contribution < 1.29 is 0 Å². The second kappa shape index (κ2) is 6.50. The Morgan fingerprint density at radius 1 is 1.35 bits per heavy atom. The highest BCUT2D eigenvalue weighted by atomic mass is 32.1. The number of hydrogen-bond acceptors (Lipinski definition) is 4. The number of nitrogens with one attached hydrogen (secondary N) is 1. The van der Waals surface area contributed by atoms with E-state index < -0.39 is 0 Å². The second-order valence-corrected chi connectivity index (χ2v) is 6.41. The summed E-state index contributed by atoms with van der Waals surface area (Å²) in [5.74, 6) is 0. The summed E-state index contributed by atoms with van der Waals surface area (Å²) < 4.78 is 1.91. The average Bonchev–Trinajstić information content (AvgIpc) is 2.92. The summed E-state index contributed by atoms with van der Waals surface area (Å²) >= 11 is 1.81. The molecule has 0 saturated heterocycles. The average molecular weight is 292 g/mol. The number of aromatic nitrogens is 3. The van der Waals surface area contributed by atoms with Crippen molar-refractivity contribution in [2.24, 2.45) is 7.05 Å². The molecule has 20 heavy (non-hydrogen) atoms. The molecule has 0 aliphatic carbocycles. The van der Waals surface area contributed by atoms with Crippen molar-refractivity contribution in [3.05, 3.63) is 33.0 Å². The molecule has 110 valence electrons. The molecule has 0 fully saturated rings. The van der Waals surface area contributed by atoms with Gasteiger partial charge in [0.05, 0.1) is 16.4 Å². The fraction of sp³-hybridized carbons (Fsp3) is 0.600. The van der Waals surface area contributed by atoms with Gasteiger partial charge < -0.3 is 5.32 Å². The smallest absolute Gasteiger partial charge is 0.0949 e. The van der Waals surface area contributed by atoms with Gasteiger partial charge in [0.2, 0.25) is 0 Å². The van der Waals surface area contributed by atoms with Crippen LogP contribution >= 0.6 is 11.3 Å². The maximum absolute atomic E-state index is 4.67. The Bertz CT molecular complexity index is 551. The topological polar surface area (TPSA) is 42.7 Å². The maximum atomic E-state index is 4.67. The lowest BCUT2D eigenvalue weighted by atomic mass is 10.0. The number of rotatable bonds is 6. The Labute approximate surface area is 125 Å². The number of hydrogen-bond donors (Lipinski definition) is 1. The zero-order valence-corrected chi connectivity index (χ0v) is 13.8. The molecule has 2 aromatic heterocycles. The fourth-order valence-corrected chi connectivity index (χ4v) is 3.44. The van der Waals surface area contributed by atoms with Gasteiger partial charge in [-0.2, -0.15) is 5.10 Å². The summed E-state index contributed by atoms with van der Waals surface area (Å²) in [6.45, 7) is 9.48. The van der Waals surface area contributed by atoms with E-state index in [1.807, 2.05) is 11.7 Å². The quantitative estimate of drug-likeness (QED) is 0.890. The summed E-state index contributed by atoms with van der Waals surface area (Å²) in [6, 6.07) is 0.300. The normalized spacial score (nSPS) is 12.8. The molecule has 0 aromatic carbocycles. The van der Waals surface area contributed by atoms with Crippen LogP contribution in [-0.2, 0) is 19.9 Å². The van der Waals surface area contributed by atoms with Gasteiger partial charge in [-0.25, -0.2) is 4.98 Å². The van der Waals surface area contributed by atoms with Gasteiger partial charge in [-0.15, -0.1) is 11.3 Å². The van der Waals surface area contributed by atoms with Gasteiger partial charge in [0.1, 0.15) is 0 Å². The standard InChI is InChI=1S/C15H24N4S/c1-6-13-12(9-19(5)18-13)14(16-7-2)8-15-17-10(3)11(4)20-15/h9,14,16H,6-8H2,1-5H3. The fourth-order valence-electron chi connectivity index (χ4n) is 2.46. The lowest BCUT2D eigenvalue weighted by Crippen LogP contribution is -2.23. The van der Waals surface area contributed by atoms with Crippen LogP contribution in [0.5, 0.6) is 0 Å². The highest BCUT2D eigenvalue weighted by Crippen LogP contribution is 2.25. The number of thiazole rings is 1. The van der Waals surface area contributed by atoms with Crippen LogP contribution in [0.2, 0.25) is 0 Å². The van der Waals surface area contributed by atoms with Crippen LogP contribution in [0.25, 0.3) is 0 Å². The molecule has 0 radical (unpaired) electrons. The highest BCUT2D eigenvalue weighted by molar-refractivity contribution is 7.11. The van der Waals surface area contributed by atoms with Crippen molar-refractivity contribution in [2.45, 2.75) is 46.6 Å². The summed E-state index contributed by atoms with van der Waals surface area (Å²) in [7, 11) is 1.99. The molecule has 0 bridgehead atoms. The predicted molar refractivity (Wildman–Crippen MR) is 84.3 cm³/mol. The molecular weight excluding hydrogens is 268 g/mol. The third kappa shape index (κ3) is 3.27. The summed E-state index contributed by atoms with van der Waals surface area (Å²) in [5, 5.41) is 9.34. The Morgan fingerprint density at radius 3 is 2.65 bits per heavy atom. The predicted octanol–water partition coefficient (Wildman–Crippen LogP) is 2.95. The first kappa shape index (κ1) is 15.2. The molecular formula is C15H24N4S. The van der Waals surface area contributed by atoms with Crippen molar-refractivity contribution in [1.82, 2.24) is 20.1 Å². The van der Waals surface area contributed by atoms with Gasteiger partial charge in [0, 0.05) is 36.1 Å². The van der Waals surface area contributed by atoms with Gasteiger partial charge in [-0.1, -0.05) is 13.8 Å². The zero-order valence-electron chi connectivity index (χ0n) is 13.0. The first-order chi connectivity index (χ1) is 9.55. The Balaban J connectivity index is 2.26. The molecule has 5 heteroatoms. The van der Waals surface area contributed by atoms with Gasteiger partial charge in [-0.3, -0.25) is 4.68 Å². The van der Waals surface area contributed by atoms with Crippen molar-refractivity contribution in [2.75, 3.05) is 6.54 Å². The van der Waals surface area contributed by atoms with Gasteiger partial charge in [0.25, 0.3) is 0 Å². The molecule has 0 spiro atoms. The first-order valence-corrected chi connectivity index (χ1v) is 8.05. The van der Waals surface area contributed by atoms with Gasteiger partial charge in [-0.05, 0) is 26.8 Å². The molecule has 2 aromatic rings. The van der Waals surface area contributed by atoms with E-state index in [0.717, 1.165) is 25.1 Å². The molecule has 1 N–H and O–H groups in total. The molecule has 0 aliphatic heterocycles. The molecule has 0 amide bonds. The van der Waals surface area contributed by atoms with Crippen LogP contribution in [0, 0.1) is 13.8 Å². The lowest BCUT2D eigenvalue weighted by molar-refractivity contribution is 0.544. The number of likely N-dealkylation sites (N-methyl/N-ethyl adjacent to an activating group) is 1.